The zero-order valence-corrected chi connectivity index (χ0v) is 10.4. The molecule has 0 spiro atoms. The molecule has 19 heavy (non-hydrogen) atoms. The summed E-state index contributed by atoms with van der Waals surface area (Å²) in [5.74, 6) is -0.586. The molecule has 0 atom stereocenters. The van der Waals surface area contributed by atoms with E-state index in [0.717, 1.165) is 16.1 Å². The van der Waals surface area contributed by atoms with Crippen LogP contribution in [0.1, 0.15) is 0 Å². The minimum Gasteiger partial charge on any atom is -0.267 e. The number of halogens is 2. The number of hydrogen-bond donors (Lipinski definition) is 0. The fourth-order valence-electron chi connectivity index (χ4n) is 1.92. The van der Waals surface area contributed by atoms with E-state index in [0.29, 0.717) is 5.39 Å². The van der Waals surface area contributed by atoms with Gasteiger partial charge in [-0.05, 0) is 24.3 Å². The van der Waals surface area contributed by atoms with Gasteiger partial charge >= 0.3 is 0 Å². The molecule has 94 valence electrons. The van der Waals surface area contributed by atoms with Crippen LogP contribution in [0.2, 0.25) is 5.02 Å². The fourth-order valence-corrected chi connectivity index (χ4v) is 2.07. The van der Waals surface area contributed by atoms with Crippen molar-refractivity contribution in [2.24, 2.45) is 0 Å². The smallest absolute Gasteiger partial charge is 0.267 e. The van der Waals surface area contributed by atoms with E-state index < -0.39 is 5.82 Å². The minimum atomic E-state index is -0.586. The Morgan fingerprint density at radius 3 is 2.74 bits per heavy atom. The molecule has 1 aromatic heterocycles. The van der Waals surface area contributed by atoms with E-state index in [1.165, 1.54) is 18.3 Å². The van der Waals surface area contributed by atoms with Gasteiger partial charge in [-0.15, -0.1) is 0 Å². The van der Waals surface area contributed by atoms with Crippen LogP contribution in [0, 0.1) is 5.82 Å². The van der Waals surface area contributed by atoms with E-state index >= 15 is 0 Å². The molecular weight excluding hydrogens is 267 g/mol. The van der Waals surface area contributed by atoms with Gasteiger partial charge in [-0.25, -0.2) is 4.39 Å². The molecule has 0 saturated carbocycles. The van der Waals surface area contributed by atoms with Crippen LogP contribution in [0.25, 0.3) is 16.5 Å². The van der Waals surface area contributed by atoms with Crippen LogP contribution in [0.5, 0.6) is 0 Å². The standard InChI is InChI=1S/C14H8ClFN2O/c15-10-5-6-13(12(16)7-10)18-14(19)11-4-2-1-3-9(11)8-17-18/h1-8H. The molecule has 2 aromatic carbocycles. The minimum absolute atomic E-state index is 0.0835. The Balaban J connectivity index is 2.31. The third kappa shape index (κ3) is 2.00. The average molecular weight is 275 g/mol. The molecule has 0 unspecified atom stereocenters. The van der Waals surface area contributed by atoms with E-state index in [1.54, 1.807) is 18.2 Å². The van der Waals surface area contributed by atoms with E-state index in [4.69, 9.17) is 11.6 Å². The van der Waals surface area contributed by atoms with Gasteiger partial charge in [0, 0.05) is 10.4 Å². The molecule has 0 radical (unpaired) electrons. The average Bonchev–Trinajstić information content (AvgIpc) is 2.41. The summed E-state index contributed by atoms with van der Waals surface area (Å²) in [4.78, 5) is 12.3. The molecule has 1 heterocycles. The maximum Gasteiger partial charge on any atom is 0.279 e. The van der Waals surface area contributed by atoms with Crippen LogP contribution in [0.4, 0.5) is 4.39 Å². The Morgan fingerprint density at radius 2 is 1.95 bits per heavy atom. The quantitative estimate of drug-likeness (QED) is 0.683. The largest absolute Gasteiger partial charge is 0.279 e. The van der Waals surface area contributed by atoms with E-state index in [9.17, 15) is 9.18 Å². The highest BCUT2D eigenvalue weighted by Crippen LogP contribution is 2.17. The highest BCUT2D eigenvalue weighted by Gasteiger charge is 2.10. The van der Waals surface area contributed by atoms with Crippen LogP contribution < -0.4 is 5.56 Å². The van der Waals surface area contributed by atoms with E-state index in [2.05, 4.69) is 5.10 Å². The highest BCUT2D eigenvalue weighted by molar-refractivity contribution is 6.30. The maximum atomic E-state index is 13.8. The van der Waals surface area contributed by atoms with Crippen molar-refractivity contribution in [2.75, 3.05) is 0 Å². The van der Waals surface area contributed by atoms with Crippen molar-refractivity contribution in [1.29, 1.82) is 0 Å². The third-order valence-corrected chi connectivity index (χ3v) is 3.07. The number of rotatable bonds is 1. The first-order valence-electron chi connectivity index (χ1n) is 5.59. The summed E-state index contributed by atoms with van der Waals surface area (Å²) in [6, 6.07) is 11.1. The summed E-state index contributed by atoms with van der Waals surface area (Å²) in [5.41, 5.74) is -0.278. The topological polar surface area (TPSA) is 34.9 Å². The SMILES string of the molecule is O=c1c2ccccc2cnn1-c1ccc(Cl)cc1F. The van der Waals surface area contributed by atoms with Crippen molar-refractivity contribution in [1.82, 2.24) is 9.78 Å². The summed E-state index contributed by atoms with van der Waals surface area (Å²) >= 11 is 5.69. The fraction of sp³-hybridized carbons (Fsp3) is 0. The first-order valence-corrected chi connectivity index (χ1v) is 5.97. The first kappa shape index (κ1) is 11.9. The lowest BCUT2D eigenvalue weighted by atomic mass is 10.2. The number of aromatic nitrogens is 2. The Kier molecular flexibility index (Phi) is 2.80. The number of hydrogen-bond acceptors (Lipinski definition) is 2. The van der Waals surface area contributed by atoms with Gasteiger partial charge in [-0.2, -0.15) is 9.78 Å². The van der Waals surface area contributed by atoms with E-state index in [-0.39, 0.29) is 16.3 Å². The molecule has 0 fully saturated rings. The van der Waals surface area contributed by atoms with Gasteiger partial charge in [-0.1, -0.05) is 29.8 Å². The lowest BCUT2D eigenvalue weighted by Crippen LogP contribution is -2.21. The summed E-state index contributed by atoms with van der Waals surface area (Å²) in [6.45, 7) is 0. The van der Waals surface area contributed by atoms with Crippen molar-refractivity contribution in [3.8, 4) is 5.69 Å². The van der Waals surface area contributed by atoms with Gasteiger partial charge in [0.05, 0.1) is 11.6 Å². The van der Waals surface area contributed by atoms with Crippen LogP contribution in [0.3, 0.4) is 0 Å². The Morgan fingerprint density at radius 1 is 1.16 bits per heavy atom. The Bertz CT molecular complexity index is 829. The van der Waals surface area contributed by atoms with E-state index in [1.807, 2.05) is 6.07 Å². The molecule has 3 nitrogen and oxygen atoms in total. The molecule has 0 aliphatic carbocycles. The molecule has 0 N–H and O–H groups in total. The van der Waals surface area contributed by atoms with Crippen molar-refractivity contribution in [2.45, 2.75) is 0 Å². The van der Waals surface area contributed by atoms with Crippen molar-refractivity contribution in [3.05, 3.63) is 69.9 Å². The molecule has 3 rings (SSSR count). The second kappa shape index (κ2) is 4.48. The summed E-state index contributed by atoms with van der Waals surface area (Å²) < 4.78 is 14.9. The lowest BCUT2D eigenvalue weighted by Gasteiger charge is -2.07. The van der Waals surface area contributed by atoms with Gasteiger partial charge in [0.25, 0.3) is 5.56 Å². The molecule has 5 heteroatoms. The van der Waals surface area contributed by atoms with Gasteiger partial charge in [0.2, 0.25) is 0 Å². The second-order valence-corrected chi connectivity index (χ2v) is 4.48. The van der Waals surface area contributed by atoms with Crippen LogP contribution >= 0.6 is 11.6 Å². The Labute approximate surface area is 112 Å². The highest BCUT2D eigenvalue weighted by atomic mass is 35.5. The Hall–Kier alpha value is -2.20. The van der Waals surface area contributed by atoms with Gasteiger partial charge in [-0.3, -0.25) is 4.79 Å². The second-order valence-electron chi connectivity index (χ2n) is 4.04. The first-order chi connectivity index (χ1) is 9.16. The molecule has 0 amide bonds. The molecule has 0 saturated heterocycles. The van der Waals surface area contributed by atoms with Gasteiger partial charge < -0.3 is 0 Å². The van der Waals surface area contributed by atoms with Crippen LogP contribution in [0.15, 0.2) is 53.5 Å². The number of nitrogens with zero attached hydrogens (tertiary/aromatic N) is 2. The zero-order chi connectivity index (χ0) is 13.4. The normalized spacial score (nSPS) is 10.8. The van der Waals surface area contributed by atoms with Crippen LogP contribution in [-0.4, -0.2) is 9.78 Å². The monoisotopic (exact) mass is 274 g/mol. The van der Waals surface area contributed by atoms with Gasteiger partial charge in [0.15, 0.2) is 0 Å². The summed E-state index contributed by atoms with van der Waals surface area (Å²) in [7, 11) is 0. The molecule has 0 aliphatic rings. The van der Waals surface area contributed by atoms with Crippen molar-refractivity contribution >= 4 is 22.4 Å². The van der Waals surface area contributed by atoms with Gasteiger partial charge in [0.1, 0.15) is 11.5 Å². The van der Waals surface area contributed by atoms with Crippen LogP contribution in [-0.2, 0) is 0 Å². The summed E-state index contributed by atoms with van der Waals surface area (Å²) in [5, 5.41) is 5.47. The molecular formula is C14H8ClFN2O. The molecule has 0 aliphatic heterocycles. The predicted molar refractivity (Wildman–Crippen MR) is 72.3 cm³/mol. The third-order valence-electron chi connectivity index (χ3n) is 2.83. The van der Waals surface area contributed by atoms with Crippen molar-refractivity contribution in [3.63, 3.8) is 0 Å². The zero-order valence-electron chi connectivity index (χ0n) is 9.68. The summed E-state index contributed by atoms with van der Waals surface area (Å²) in [6.07, 6.45) is 1.53. The predicted octanol–water partition coefficient (Wildman–Crippen LogP) is 3.18. The molecule has 3 aromatic rings. The maximum absolute atomic E-state index is 13.8. The van der Waals surface area contributed by atoms with Crippen molar-refractivity contribution < 1.29 is 4.39 Å². The number of benzene rings is 2. The molecule has 0 bridgehead atoms. The lowest BCUT2D eigenvalue weighted by molar-refractivity contribution is 0.606. The number of fused-ring (bicyclic) bond motifs is 1.